The summed E-state index contributed by atoms with van der Waals surface area (Å²) in [5.74, 6) is 0.227. The van der Waals surface area contributed by atoms with Gasteiger partial charge in [-0.05, 0) is 38.1 Å². The Balaban J connectivity index is 1.83. The number of anilines is 1. The van der Waals surface area contributed by atoms with Crippen LogP contribution < -0.4 is 10.2 Å². The van der Waals surface area contributed by atoms with E-state index in [4.69, 9.17) is 4.74 Å². The van der Waals surface area contributed by atoms with Crippen molar-refractivity contribution < 1.29 is 14.6 Å². The number of carbonyl (C=O) groups excluding carboxylic acids is 1. The summed E-state index contributed by atoms with van der Waals surface area (Å²) in [5.41, 5.74) is 0.972. The van der Waals surface area contributed by atoms with Crippen LogP contribution in [0, 0.1) is 0 Å². The second-order valence-corrected chi connectivity index (χ2v) is 6.45. The van der Waals surface area contributed by atoms with E-state index in [-0.39, 0.29) is 23.8 Å². The lowest BCUT2D eigenvalue weighted by Crippen LogP contribution is -2.66. The molecule has 1 amide bonds. The van der Waals surface area contributed by atoms with Crippen LogP contribution in [0.4, 0.5) is 5.69 Å². The molecule has 2 saturated heterocycles. The number of amides is 1. The number of ether oxygens (including phenoxy) is 1. The molecule has 2 aromatic carbocycles. The van der Waals surface area contributed by atoms with E-state index in [1.54, 1.807) is 12.1 Å². The number of nitrogens with one attached hydrogen (secondary N) is 1. The first-order chi connectivity index (χ1) is 11.5. The Morgan fingerprint density at radius 2 is 1.75 bits per heavy atom. The maximum absolute atomic E-state index is 13.0. The third kappa shape index (κ3) is 2.05. The summed E-state index contributed by atoms with van der Waals surface area (Å²) in [7, 11) is 0. The van der Waals surface area contributed by atoms with Crippen molar-refractivity contribution in [3.63, 3.8) is 0 Å². The van der Waals surface area contributed by atoms with E-state index in [9.17, 15) is 9.90 Å². The lowest BCUT2D eigenvalue weighted by atomic mass is 9.91. The number of para-hydroxylation sites is 1. The average molecular weight is 324 g/mol. The molecule has 4 atom stereocenters. The number of phenolic OH excluding ortho intramolecular Hbond substituents is 1. The molecule has 124 valence electrons. The molecule has 2 aliphatic heterocycles. The standard InChI is InChI=1S/C19H20N2O3/c1-12-17-18(23)21(15-6-4-3-5-7-15)13(2)19(20-17,24-12)14-8-10-16(22)11-9-14/h3-13,17,20,22H,1-2H3. The van der Waals surface area contributed by atoms with Crippen LogP contribution in [0.15, 0.2) is 54.6 Å². The van der Waals surface area contributed by atoms with Crippen LogP contribution in [0.2, 0.25) is 0 Å². The summed E-state index contributed by atoms with van der Waals surface area (Å²) < 4.78 is 6.28. The number of carbonyl (C=O) groups is 1. The van der Waals surface area contributed by atoms with Crippen LogP contribution in [-0.4, -0.2) is 29.2 Å². The number of benzene rings is 2. The van der Waals surface area contributed by atoms with Gasteiger partial charge >= 0.3 is 0 Å². The average Bonchev–Trinajstić information content (AvgIpc) is 2.91. The predicted molar refractivity (Wildman–Crippen MR) is 90.6 cm³/mol. The minimum Gasteiger partial charge on any atom is -0.508 e. The van der Waals surface area contributed by atoms with Crippen molar-refractivity contribution in [1.82, 2.24) is 5.32 Å². The molecule has 0 radical (unpaired) electrons. The Hall–Kier alpha value is -2.37. The number of fused-ring (bicyclic) bond motifs is 2. The maximum atomic E-state index is 13.0. The van der Waals surface area contributed by atoms with Crippen molar-refractivity contribution in [1.29, 1.82) is 0 Å². The largest absolute Gasteiger partial charge is 0.508 e. The fraction of sp³-hybridized carbons (Fsp3) is 0.316. The van der Waals surface area contributed by atoms with Gasteiger partial charge in [0.1, 0.15) is 11.8 Å². The van der Waals surface area contributed by atoms with Crippen molar-refractivity contribution in [3.05, 3.63) is 60.2 Å². The molecular formula is C19H20N2O3. The van der Waals surface area contributed by atoms with Crippen LogP contribution in [0.5, 0.6) is 5.75 Å². The zero-order valence-electron chi connectivity index (χ0n) is 13.6. The summed E-state index contributed by atoms with van der Waals surface area (Å²) >= 11 is 0. The zero-order chi connectivity index (χ0) is 16.9. The van der Waals surface area contributed by atoms with Gasteiger partial charge in [-0.2, -0.15) is 0 Å². The first-order valence-corrected chi connectivity index (χ1v) is 8.16. The van der Waals surface area contributed by atoms with Crippen LogP contribution >= 0.6 is 0 Å². The smallest absolute Gasteiger partial charge is 0.247 e. The van der Waals surface area contributed by atoms with Crippen LogP contribution in [0.3, 0.4) is 0 Å². The van der Waals surface area contributed by atoms with Gasteiger partial charge in [0.15, 0.2) is 5.72 Å². The summed E-state index contributed by atoms with van der Waals surface area (Å²) in [6.45, 7) is 3.90. The highest BCUT2D eigenvalue weighted by Gasteiger charge is 2.59. The molecule has 5 nitrogen and oxygen atoms in total. The molecule has 5 heteroatoms. The van der Waals surface area contributed by atoms with Gasteiger partial charge in [-0.15, -0.1) is 0 Å². The lowest BCUT2D eigenvalue weighted by Gasteiger charge is -2.45. The summed E-state index contributed by atoms with van der Waals surface area (Å²) in [6.07, 6.45) is -0.234. The molecule has 4 unspecified atom stereocenters. The second kappa shape index (κ2) is 5.33. The highest BCUT2D eigenvalue weighted by atomic mass is 16.5. The summed E-state index contributed by atoms with van der Waals surface area (Å²) in [5, 5.41) is 13.0. The van der Waals surface area contributed by atoms with Crippen molar-refractivity contribution in [2.75, 3.05) is 4.90 Å². The molecular weight excluding hydrogens is 304 g/mol. The number of hydrogen-bond donors (Lipinski definition) is 2. The van der Waals surface area contributed by atoms with Crippen molar-refractivity contribution in [3.8, 4) is 5.75 Å². The Bertz CT molecular complexity index is 762. The van der Waals surface area contributed by atoms with Gasteiger partial charge in [0.25, 0.3) is 0 Å². The molecule has 2 aliphatic rings. The number of rotatable bonds is 2. The van der Waals surface area contributed by atoms with Gasteiger partial charge in [-0.3, -0.25) is 10.1 Å². The Morgan fingerprint density at radius 1 is 1.08 bits per heavy atom. The normalized spacial score (nSPS) is 32.2. The minimum atomic E-state index is -0.790. The van der Waals surface area contributed by atoms with E-state index in [1.165, 1.54) is 0 Å². The molecule has 2 N–H and O–H groups in total. The lowest BCUT2D eigenvalue weighted by molar-refractivity contribution is -0.123. The minimum absolute atomic E-state index is 0.0214. The van der Waals surface area contributed by atoms with Crippen molar-refractivity contribution in [2.24, 2.45) is 0 Å². The van der Waals surface area contributed by atoms with E-state index in [0.29, 0.717) is 0 Å². The van der Waals surface area contributed by atoms with Crippen LogP contribution in [0.25, 0.3) is 0 Å². The third-order valence-corrected chi connectivity index (χ3v) is 5.02. The van der Waals surface area contributed by atoms with Gasteiger partial charge in [0.2, 0.25) is 5.91 Å². The monoisotopic (exact) mass is 324 g/mol. The van der Waals surface area contributed by atoms with E-state index in [0.717, 1.165) is 11.3 Å². The fourth-order valence-corrected chi connectivity index (χ4v) is 3.79. The summed E-state index contributed by atoms with van der Waals surface area (Å²) in [4.78, 5) is 14.8. The molecule has 2 aromatic rings. The van der Waals surface area contributed by atoms with Gasteiger partial charge in [-0.1, -0.05) is 30.3 Å². The van der Waals surface area contributed by atoms with Crippen LogP contribution in [-0.2, 0) is 15.3 Å². The van der Waals surface area contributed by atoms with Gasteiger partial charge in [0, 0.05) is 11.3 Å². The first-order valence-electron chi connectivity index (χ1n) is 8.16. The molecule has 4 rings (SSSR count). The number of piperazine rings is 1. The molecule has 0 spiro atoms. The highest BCUT2D eigenvalue weighted by Crippen LogP contribution is 2.43. The first kappa shape index (κ1) is 15.2. The topological polar surface area (TPSA) is 61.8 Å². The van der Waals surface area contributed by atoms with E-state index in [1.807, 2.05) is 61.2 Å². The van der Waals surface area contributed by atoms with Gasteiger partial charge in [-0.25, -0.2) is 0 Å². The number of nitrogens with zero attached hydrogens (tertiary/aromatic N) is 1. The van der Waals surface area contributed by atoms with Crippen molar-refractivity contribution in [2.45, 2.75) is 37.8 Å². The molecule has 2 heterocycles. The van der Waals surface area contributed by atoms with E-state index < -0.39 is 11.8 Å². The number of phenols is 1. The molecule has 0 aliphatic carbocycles. The van der Waals surface area contributed by atoms with E-state index >= 15 is 0 Å². The molecule has 2 fully saturated rings. The maximum Gasteiger partial charge on any atom is 0.247 e. The predicted octanol–water partition coefficient (Wildman–Crippen LogP) is 2.36. The Labute approximate surface area is 140 Å². The fourth-order valence-electron chi connectivity index (χ4n) is 3.79. The molecule has 0 saturated carbocycles. The number of hydrogen-bond acceptors (Lipinski definition) is 4. The van der Waals surface area contributed by atoms with E-state index in [2.05, 4.69) is 5.32 Å². The SMILES string of the molecule is CC1OC2(c3ccc(O)cc3)NC1C(=O)N(c1ccccc1)C2C. The summed E-state index contributed by atoms with van der Waals surface area (Å²) in [6, 6.07) is 16.0. The van der Waals surface area contributed by atoms with Gasteiger partial charge in [0.05, 0.1) is 12.1 Å². The Morgan fingerprint density at radius 3 is 2.42 bits per heavy atom. The third-order valence-electron chi connectivity index (χ3n) is 5.02. The van der Waals surface area contributed by atoms with Crippen LogP contribution in [0.1, 0.15) is 19.4 Å². The molecule has 2 bridgehead atoms. The highest BCUT2D eigenvalue weighted by molar-refractivity contribution is 6.00. The van der Waals surface area contributed by atoms with Crippen molar-refractivity contribution >= 4 is 11.6 Å². The molecule has 0 aromatic heterocycles. The molecule has 24 heavy (non-hydrogen) atoms. The number of aromatic hydroxyl groups is 1. The quantitative estimate of drug-likeness (QED) is 0.890. The Kier molecular flexibility index (Phi) is 3.37. The van der Waals surface area contributed by atoms with Gasteiger partial charge < -0.3 is 14.7 Å². The zero-order valence-corrected chi connectivity index (χ0v) is 13.6. The second-order valence-electron chi connectivity index (χ2n) is 6.45.